The summed E-state index contributed by atoms with van der Waals surface area (Å²) in [5, 5.41) is 11.4. The van der Waals surface area contributed by atoms with E-state index < -0.39 is 18.8 Å². The van der Waals surface area contributed by atoms with Crippen LogP contribution in [0.3, 0.4) is 0 Å². The quantitative estimate of drug-likeness (QED) is 0.752. The Kier molecular flexibility index (Phi) is 6.09. The highest BCUT2D eigenvalue weighted by Crippen LogP contribution is 2.27. The van der Waals surface area contributed by atoms with Crippen molar-refractivity contribution in [2.24, 2.45) is 0 Å². The monoisotopic (exact) mass is 293 g/mol. The zero-order valence-electron chi connectivity index (χ0n) is 11.3. The molecule has 0 aliphatic rings. The zero-order valence-corrected chi connectivity index (χ0v) is 11.3. The predicted octanol–water partition coefficient (Wildman–Crippen LogP) is 1.76. The van der Waals surface area contributed by atoms with E-state index in [-0.39, 0.29) is 0 Å². The molecule has 1 rings (SSSR count). The molecule has 0 aliphatic carbocycles. The van der Waals surface area contributed by atoms with Crippen LogP contribution in [0, 0.1) is 0 Å². The molecule has 0 aliphatic heterocycles. The van der Waals surface area contributed by atoms with Crippen LogP contribution in [0.5, 0.6) is 11.5 Å². The van der Waals surface area contributed by atoms with Crippen LogP contribution >= 0.6 is 0 Å². The summed E-state index contributed by atoms with van der Waals surface area (Å²) in [7, 11) is 3.04. The van der Waals surface area contributed by atoms with Gasteiger partial charge in [-0.1, -0.05) is 6.07 Å². The van der Waals surface area contributed by atoms with Crippen molar-refractivity contribution in [1.82, 2.24) is 5.32 Å². The lowest BCUT2D eigenvalue weighted by molar-refractivity contribution is -0.201. The lowest BCUT2D eigenvalue weighted by Crippen LogP contribution is -2.39. The third kappa shape index (κ3) is 4.90. The van der Waals surface area contributed by atoms with E-state index in [0.717, 1.165) is 5.56 Å². The highest BCUT2D eigenvalue weighted by Gasteiger charge is 2.37. The number of aliphatic hydroxyl groups excluding tert-OH is 1. The second kappa shape index (κ2) is 7.35. The first kappa shape index (κ1) is 16.6. The van der Waals surface area contributed by atoms with Crippen molar-refractivity contribution in [3.8, 4) is 11.5 Å². The average molecular weight is 293 g/mol. The van der Waals surface area contributed by atoms with Crippen LogP contribution < -0.4 is 14.8 Å². The second-order valence-electron chi connectivity index (χ2n) is 4.20. The fraction of sp³-hybridized carbons (Fsp3) is 0.538. The summed E-state index contributed by atoms with van der Waals surface area (Å²) >= 11 is 0. The third-order valence-corrected chi connectivity index (χ3v) is 2.75. The minimum absolute atomic E-state index is 0.322. The van der Waals surface area contributed by atoms with Gasteiger partial charge in [0.2, 0.25) is 0 Å². The molecule has 1 aromatic rings. The maximum absolute atomic E-state index is 12.1. The van der Waals surface area contributed by atoms with Crippen molar-refractivity contribution >= 4 is 0 Å². The lowest BCUT2D eigenvalue weighted by Gasteiger charge is -2.15. The summed E-state index contributed by atoms with van der Waals surface area (Å²) < 4.78 is 46.4. The van der Waals surface area contributed by atoms with Gasteiger partial charge in [0.05, 0.1) is 14.2 Å². The molecule has 0 saturated heterocycles. The Hall–Kier alpha value is -1.47. The Morgan fingerprint density at radius 3 is 2.40 bits per heavy atom. The molecular weight excluding hydrogens is 275 g/mol. The van der Waals surface area contributed by atoms with Gasteiger partial charge in [-0.05, 0) is 30.7 Å². The van der Waals surface area contributed by atoms with E-state index in [9.17, 15) is 13.2 Å². The van der Waals surface area contributed by atoms with E-state index >= 15 is 0 Å². The van der Waals surface area contributed by atoms with Crippen LogP contribution in [0.1, 0.15) is 5.56 Å². The third-order valence-electron chi connectivity index (χ3n) is 2.75. The second-order valence-corrected chi connectivity index (χ2v) is 4.20. The van der Waals surface area contributed by atoms with Gasteiger partial charge in [-0.3, -0.25) is 0 Å². The Morgan fingerprint density at radius 2 is 1.85 bits per heavy atom. The van der Waals surface area contributed by atoms with Crippen LogP contribution in [0.25, 0.3) is 0 Å². The summed E-state index contributed by atoms with van der Waals surface area (Å²) in [6.07, 6.45) is -6.41. The van der Waals surface area contributed by atoms with Gasteiger partial charge < -0.3 is 19.9 Å². The number of hydrogen-bond donors (Lipinski definition) is 2. The number of alkyl halides is 3. The molecule has 1 unspecified atom stereocenters. The molecule has 1 aromatic carbocycles. The average Bonchev–Trinajstić information content (AvgIpc) is 2.41. The lowest BCUT2D eigenvalue weighted by atomic mass is 10.1. The van der Waals surface area contributed by atoms with Gasteiger partial charge in [0.15, 0.2) is 17.6 Å². The van der Waals surface area contributed by atoms with Gasteiger partial charge in [0.1, 0.15) is 0 Å². The fourth-order valence-electron chi connectivity index (χ4n) is 1.62. The Balaban J connectivity index is 2.43. The van der Waals surface area contributed by atoms with Crippen molar-refractivity contribution in [3.05, 3.63) is 23.8 Å². The standard InChI is InChI=1S/C13H18F3NO3/c1-19-10-4-3-9(7-11(10)20-2)5-6-17-8-12(18)13(14,15)16/h3-4,7,12,17-18H,5-6,8H2,1-2H3. The molecule has 20 heavy (non-hydrogen) atoms. The van der Waals surface area contributed by atoms with Crippen molar-refractivity contribution in [1.29, 1.82) is 0 Å². The zero-order chi connectivity index (χ0) is 15.2. The number of ether oxygens (including phenoxy) is 2. The van der Waals surface area contributed by atoms with Crippen LogP contribution in [0.2, 0.25) is 0 Å². The first-order valence-corrected chi connectivity index (χ1v) is 6.05. The number of benzene rings is 1. The molecule has 2 N–H and O–H groups in total. The van der Waals surface area contributed by atoms with Crippen molar-refractivity contribution in [2.75, 3.05) is 27.3 Å². The summed E-state index contributed by atoms with van der Waals surface area (Å²) in [5.41, 5.74) is 0.900. The molecule has 0 saturated carbocycles. The molecule has 0 heterocycles. The van der Waals surface area contributed by atoms with E-state index in [0.29, 0.717) is 24.5 Å². The number of halogens is 3. The summed E-state index contributed by atoms with van der Waals surface area (Å²) in [5.74, 6) is 1.16. The van der Waals surface area contributed by atoms with Crippen LogP contribution in [-0.2, 0) is 6.42 Å². The molecule has 0 amide bonds. The molecule has 0 aromatic heterocycles. The van der Waals surface area contributed by atoms with Crippen molar-refractivity contribution in [2.45, 2.75) is 18.7 Å². The van der Waals surface area contributed by atoms with Crippen LogP contribution in [0.4, 0.5) is 13.2 Å². The summed E-state index contributed by atoms with van der Waals surface area (Å²) in [6, 6.07) is 5.31. The number of aliphatic hydroxyl groups is 1. The van der Waals surface area contributed by atoms with E-state index in [2.05, 4.69) is 5.32 Å². The topological polar surface area (TPSA) is 50.7 Å². The number of methoxy groups -OCH3 is 2. The van der Waals surface area contributed by atoms with Crippen molar-refractivity contribution in [3.63, 3.8) is 0 Å². The highest BCUT2D eigenvalue weighted by atomic mass is 19.4. The minimum Gasteiger partial charge on any atom is -0.493 e. The molecule has 0 bridgehead atoms. The smallest absolute Gasteiger partial charge is 0.415 e. The van der Waals surface area contributed by atoms with Crippen molar-refractivity contribution < 1.29 is 27.8 Å². The molecule has 0 spiro atoms. The highest BCUT2D eigenvalue weighted by molar-refractivity contribution is 5.42. The minimum atomic E-state index is -4.59. The predicted molar refractivity (Wildman–Crippen MR) is 68.2 cm³/mol. The maximum atomic E-state index is 12.1. The largest absolute Gasteiger partial charge is 0.493 e. The van der Waals surface area contributed by atoms with E-state index in [1.165, 1.54) is 14.2 Å². The van der Waals surface area contributed by atoms with Crippen LogP contribution in [0.15, 0.2) is 18.2 Å². The van der Waals surface area contributed by atoms with E-state index in [4.69, 9.17) is 14.6 Å². The Labute approximate surface area is 115 Å². The number of nitrogens with one attached hydrogen (secondary N) is 1. The van der Waals surface area contributed by atoms with Gasteiger partial charge in [0.25, 0.3) is 0 Å². The first-order chi connectivity index (χ1) is 9.38. The Morgan fingerprint density at radius 1 is 1.20 bits per heavy atom. The SMILES string of the molecule is COc1ccc(CCNCC(O)C(F)(F)F)cc1OC. The molecule has 0 radical (unpaired) electrons. The number of rotatable bonds is 7. The molecular formula is C13H18F3NO3. The van der Waals surface area contributed by atoms with Gasteiger partial charge in [-0.2, -0.15) is 13.2 Å². The molecule has 4 nitrogen and oxygen atoms in total. The van der Waals surface area contributed by atoms with Gasteiger partial charge >= 0.3 is 6.18 Å². The van der Waals surface area contributed by atoms with Gasteiger partial charge in [0, 0.05) is 6.54 Å². The Bertz CT molecular complexity index is 424. The fourth-order valence-corrected chi connectivity index (χ4v) is 1.62. The van der Waals surface area contributed by atoms with Crippen LogP contribution in [-0.4, -0.2) is 44.7 Å². The molecule has 114 valence electrons. The summed E-state index contributed by atoms with van der Waals surface area (Å²) in [6.45, 7) is -0.195. The van der Waals surface area contributed by atoms with Gasteiger partial charge in [-0.15, -0.1) is 0 Å². The van der Waals surface area contributed by atoms with E-state index in [1.54, 1.807) is 12.1 Å². The number of hydrogen-bond acceptors (Lipinski definition) is 4. The molecule has 1 atom stereocenters. The molecule has 0 fully saturated rings. The van der Waals surface area contributed by atoms with E-state index in [1.807, 2.05) is 6.07 Å². The first-order valence-electron chi connectivity index (χ1n) is 6.05. The molecule has 7 heteroatoms. The van der Waals surface area contributed by atoms with Gasteiger partial charge in [-0.25, -0.2) is 0 Å². The normalized spacial score (nSPS) is 13.1. The summed E-state index contributed by atoms with van der Waals surface area (Å²) in [4.78, 5) is 0. The maximum Gasteiger partial charge on any atom is 0.415 e.